The van der Waals surface area contributed by atoms with E-state index in [1.54, 1.807) is 30.5 Å². The van der Waals surface area contributed by atoms with Crippen molar-refractivity contribution in [3.05, 3.63) is 92.4 Å². The molecule has 0 spiro atoms. The van der Waals surface area contributed by atoms with Crippen molar-refractivity contribution in [1.82, 2.24) is 10.1 Å². The van der Waals surface area contributed by atoms with Crippen molar-refractivity contribution in [2.24, 2.45) is 0 Å². The predicted molar refractivity (Wildman–Crippen MR) is 150 cm³/mol. The van der Waals surface area contributed by atoms with Crippen LogP contribution in [0.4, 0.5) is 5.69 Å². The van der Waals surface area contributed by atoms with E-state index in [9.17, 15) is 9.90 Å². The van der Waals surface area contributed by atoms with E-state index < -0.39 is 5.97 Å². The van der Waals surface area contributed by atoms with Crippen LogP contribution in [0, 0.1) is 0 Å². The monoisotopic (exact) mass is 583 g/mol. The Morgan fingerprint density at radius 2 is 1.82 bits per heavy atom. The largest absolute Gasteiger partial charge is 0.489 e. The molecule has 1 aliphatic heterocycles. The molecule has 7 nitrogen and oxygen atoms in total. The molecule has 3 heterocycles. The van der Waals surface area contributed by atoms with E-state index in [1.165, 1.54) is 6.20 Å². The van der Waals surface area contributed by atoms with Crippen LogP contribution in [-0.4, -0.2) is 34.3 Å². The third-order valence-corrected chi connectivity index (χ3v) is 8.24. The molecule has 0 amide bonds. The lowest BCUT2D eigenvalue weighted by Crippen LogP contribution is -2.20. The summed E-state index contributed by atoms with van der Waals surface area (Å²) in [5.41, 5.74) is 4.08. The maximum Gasteiger partial charge on any atom is 0.337 e. The van der Waals surface area contributed by atoms with Crippen molar-refractivity contribution in [1.29, 1.82) is 0 Å². The molecule has 0 radical (unpaired) electrons. The summed E-state index contributed by atoms with van der Waals surface area (Å²) in [7, 11) is 0. The van der Waals surface area contributed by atoms with Crippen molar-refractivity contribution >= 4 is 46.5 Å². The van der Waals surface area contributed by atoms with Gasteiger partial charge in [0.1, 0.15) is 23.8 Å². The average molecular weight is 585 g/mol. The Labute approximate surface area is 240 Å². The predicted octanol–water partition coefficient (Wildman–Crippen LogP) is 7.85. The Kier molecular flexibility index (Phi) is 7.14. The fourth-order valence-electron chi connectivity index (χ4n) is 5.10. The summed E-state index contributed by atoms with van der Waals surface area (Å²) in [5, 5.41) is 15.2. The van der Waals surface area contributed by atoms with Crippen molar-refractivity contribution < 1.29 is 19.2 Å². The number of aromatic carboxylic acids is 1. The maximum absolute atomic E-state index is 11.3. The van der Waals surface area contributed by atoms with Gasteiger partial charge < -0.3 is 19.3 Å². The summed E-state index contributed by atoms with van der Waals surface area (Å²) >= 11 is 19.7. The van der Waals surface area contributed by atoms with Gasteiger partial charge in [-0.3, -0.25) is 4.98 Å². The first-order valence-corrected chi connectivity index (χ1v) is 13.8. The molecular formula is C29H24Cl3N3O4. The van der Waals surface area contributed by atoms with E-state index in [0.29, 0.717) is 38.0 Å². The highest BCUT2D eigenvalue weighted by molar-refractivity contribution is 6.39. The fourth-order valence-corrected chi connectivity index (χ4v) is 6.00. The van der Waals surface area contributed by atoms with E-state index in [0.717, 1.165) is 54.9 Å². The van der Waals surface area contributed by atoms with Crippen molar-refractivity contribution in [3.63, 3.8) is 0 Å². The molecule has 1 atom stereocenters. The van der Waals surface area contributed by atoms with Crippen molar-refractivity contribution in [2.45, 2.75) is 37.7 Å². The number of hydrogen-bond donors (Lipinski definition) is 1. The molecule has 2 aliphatic rings. The third kappa shape index (κ3) is 5.31. The minimum atomic E-state index is -0.990. The van der Waals surface area contributed by atoms with Crippen LogP contribution in [-0.2, 0) is 6.61 Å². The summed E-state index contributed by atoms with van der Waals surface area (Å²) < 4.78 is 11.9. The van der Waals surface area contributed by atoms with Gasteiger partial charge in [-0.2, -0.15) is 0 Å². The lowest BCUT2D eigenvalue weighted by molar-refractivity contribution is 0.0696. The molecular weight excluding hydrogens is 561 g/mol. The van der Waals surface area contributed by atoms with Crippen LogP contribution in [0.1, 0.15) is 58.3 Å². The summed E-state index contributed by atoms with van der Waals surface area (Å²) in [5.74, 6) is 0.992. The fraction of sp³-hybridized carbons (Fsp3) is 0.276. The zero-order chi connectivity index (χ0) is 27.1. The van der Waals surface area contributed by atoms with Gasteiger partial charge in [-0.05, 0) is 55.2 Å². The molecule has 1 unspecified atom stereocenters. The number of carboxylic acid groups (broad SMARTS) is 1. The van der Waals surface area contributed by atoms with E-state index in [1.807, 2.05) is 18.2 Å². The van der Waals surface area contributed by atoms with E-state index in [-0.39, 0.29) is 18.1 Å². The molecule has 1 saturated heterocycles. The van der Waals surface area contributed by atoms with Crippen LogP contribution in [0.5, 0.6) is 5.75 Å². The summed E-state index contributed by atoms with van der Waals surface area (Å²) in [6.45, 7) is 1.75. The van der Waals surface area contributed by atoms with E-state index >= 15 is 0 Å². The number of halogens is 3. The smallest absolute Gasteiger partial charge is 0.337 e. The van der Waals surface area contributed by atoms with Crippen LogP contribution in [0.2, 0.25) is 15.1 Å². The number of anilines is 1. The van der Waals surface area contributed by atoms with Crippen LogP contribution in [0.3, 0.4) is 0 Å². The van der Waals surface area contributed by atoms with Crippen molar-refractivity contribution in [3.8, 4) is 17.0 Å². The van der Waals surface area contributed by atoms with Gasteiger partial charge in [-0.25, -0.2) is 4.79 Å². The van der Waals surface area contributed by atoms with Crippen LogP contribution < -0.4 is 9.64 Å². The van der Waals surface area contributed by atoms with Gasteiger partial charge >= 0.3 is 5.97 Å². The van der Waals surface area contributed by atoms with Gasteiger partial charge in [0.25, 0.3) is 0 Å². The molecule has 2 aromatic carbocycles. The number of aromatic nitrogens is 2. The van der Waals surface area contributed by atoms with Gasteiger partial charge in [0.15, 0.2) is 0 Å². The number of pyridine rings is 1. The minimum Gasteiger partial charge on any atom is -0.489 e. The quantitative estimate of drug-likeness (QED) is 0.226. The number of ether oxygens (including phenoxy) is 1. The summed E-state index contributed by atoms with van der Waals surface area (Å²) in [6, 6.07) is 12.8. The molecule has 4 aromatic rings. The first-order valence-electron chi connectivity index (χ1n) is 12.7. The average Bonchev–Trinajstić information content (AvgIpc) is 3.50. The van der Waals surface area contributed by atoms with Gasteiger partial charge in [-0.15, -0.1) is 0 Å². The maximum atomic E-state index is 11.3. The standard InChI is InChI=1S/C29H24Cl3N3O4/c30-23-2-1-3-24(31)26(23)27-22(28(39-34-27)16-4-5-16)15-38-20-6-7-21(25(32)11-20)17-8-9-35(14-17)19-10-18(29(36)37)12-33-13-19/h1-3,6-7,10-13,16-17H,4-5,8-9,14-15H2,(H,36,37). The van der Waals surface area contributed by atoms with E-state index in [4.69, 9.17) is 44.1 Å². The number of benzene rings is 2. The zero-order valence-corrected chi connectivity index (χ0v) is 23.0. The molecule has 1 N–H and O–H groups in total. The van der Waals surface area contributed by atoms with E-state index in [2.05, 4.69) is 15.0 Å². The molecule has 200 valence electrons. The first kappa shape index (κ1) is 26.0. The molecule has 39 heavy (non-hydrogen) atoms. The number of hydrogen-bond acceptors (Lipinski definition) is 6. The Morgan fingerprint density at radius 1 is 1.03 bits per heavy atom. The molecule has 2 fully saturated rings. The Hall–Kier alpha value is -3.26. The highest BCUT2D eigenvalue weighted by Crippen LogP contribution is 2.46. The highest BCUT2D eigenvalue weighted by atomic mass is 35.5. The molecule has 2 aromatic heterocycles. The second-order valence-electron chi connectivity index (χ2n) is 9.89. The van der Waals surface area contributed by atoms with Crippen LogP contribution >= 0.6 is 34.8 Å². The lowest BCUT2D eigenvalue weighted by Gasteiger charge is -2.19. The van der Waals surface area contributed by atoms with Gasteiger partial charge in [0.05, 0.1) is 33.1 Å². The topological polar surface area (TPSA) is 88.7 Å². The minimum absolute atomic E-state index is 0.174. The SMILES string of the molecule is O=C(O)c1cncc(N2CCC(c3ccc(OCc4c(-c5c(Cl)cccc5Cl)noc4C4CC4)cc3Cl)C2)c1. The number of rotatable bonds is 8. The Bertz CT molecular complexity index is 1530. The van der Waals surface area contributed by atoms with Crippen molar-refractivity contribution in [2.75, 3.05) is 18.0 Å². The third-order valence-electron chi connectivity index (χ3n) is 7.29. The first-order chi connectivity index (χ1) is 18.9. The summed E-state index contributed by atoms with van der Waals surface area (Å²) in [6.07, 6.45) is 6.04. The Balaban J connectivity index is 1.18. The van der Waals surface area contributed by atoms with Gasteiger partial charge in [-0.1, -0.05) is 52.1 Å². The number of nitrogens with zero attached hydrogens (tertiary/aromatic N) is 3. The number of carbonyl (C=O) groups is 1. The second-order valence-corrected chi connectivity index (χ2v) is 11.1. The molecule has 10 heteroatoms. The number of carboxylic acids is 1. The normalized spacial score (nSPS) is 17.0. The van der Waals surface area contributed by atoms with Gasteiger partial charge in [0, 0.05) is 41.7 Å². The van der Waals surface area contributed by atoms with Crippen LogP contribution in [0.15, 0.2) is 59.4 Å². The second kappa shape index (κ2) is 10.7. The lowest BCUT2D eigenvalue weighted by atomic mass is 9.98. The Morgan fingerprint density at radius 3 is 2.54 bits per heavy atom. The zero-order valence-electron chi connectivity index (χ0n) is 20.7. The van der Waals surface area contributed by atoms with Crippen LogP contribution in [0.25, 0.3) is 11.3 Å². The molecule has 0 bridgehead atoms. The highest BCUT2D eigenvalue weighted by Gasteiger charge is 2.34. The molecule has 1 saturated carbocycles. The summed E-state index contributed by atoms with van der Waals surface area (Å²) in [4.78, 5) is 17.5. The molecule has 1 aliphatic carbocycles. The van der Waals surface area contributed by atoms with Gasteiger partial charge in [0.2, 0.25) is 0 Å². The molecule has 6 rings (SSSR count).